The summed E-state index contributed by atoms with van der Waals surface area (Å²) in [5, 5.41) is 12.0. The normalized spacial score (nSPS) is 23.7. The zero-order valence-electron chi connectivity index (χ0n) is 17.2. The minimum atomic E-state index is -0.914. The summed E-state index contributed by atoms with van der Waals surface area (Å²) in [6.07, 6.45) is 0.648. The van der Waals surface area contributed by atoms with E-state index in [1.165, 1.54) is 33.4 Å². The SMILES string of the molecule is CC(C)(C)c1ccc2c(c1)C1CC(C(=O)[O-])C2c2cc(C(C)(C)C)ccc21. The third kappa shape index (κ3) is 2.81. The van der Waals surface area contributed by atoms with Crippen LogP contribution in [0.25, 0.3) is 0 Å². The van der Waals surface area contributed by atoms with Crippen LogP contribution in [-0.4, -0.2) is 5.97 Å². The molecular weight excluding hydrogens is 332 g/mol. The fourth-order valence-corrected chi connectivity index (χ4v) is 4.90. The van der Waals surface area contributed by atoms with Crippen LogP contribution in [0.4, 0.5) is 0 Å². The average molecular weight is 362 g/mol. The van der Waals surface area contributed by atoms with E-state index in [4.69, 9.17) is 0 Å². The maximum Gasteiger partial charge on any atom is 0.0455 e. The first-order valence-electron chi connectivity index (χ1n) is 9.98. The lowest BCUT2D eigenvalue weighted by molar-refractivity contribution is -0.312. The first kappa shape index (κ1) is 18.3. The largest absolute Gasteiger partial charge is 0.550 e. The molecule has 3 atom stereocenters. The molecule has 0 radical (unpaired) electrons. The summed E-state index contributed by atoms with van der Waals surface area (Å²) in [7, 11) is 0. The molecule has 142 valence electrons. The molecule has 2 nitrogen and oxygen atoms in total. The molecule has 0 heterocycles. The summed E-state index contributed by atoms with van der Waals surface area (Å²) in [6, 6.07) is 13.4. The molecule has 0 saturated heterocycles. The number of hydrogen-bond acceptors (Lipinski definition) is 2. The highest BCUT2D eigenvalue weighted by molar-refractivity contribution is 5.74. The number of fused-ring (bicyclic) bond motifs is 1. The van der Waals surface area contributed by atoms with E-state index in [2.05, 4.69) is 77.9 Å². The number of carbonyl (C=O) groups excluding carboxylic acids is 1. The molecule has 5 rings (SSSR count). The van der Waals surface area contributed by atoms with E-state index in [9.17, 15) is 9.90 Å². The van der Waals surface area contributed by atoms with Crippen molar-refractivity contribution >= 4 is 5.97 Å². The number of rotatable bonds is 1. The lowest BCUT2D eigenvalue weighted by Crippen LogP contribution is -2.42. The number of carboxylic acid groups (broad SMARTS) is 1. The molecule has 0 amide bonds. The Hall–Kier alpha value is -2.09. The molecule has 27 heavy (non-hydrogen) atoms. The molecule has 3 aliphatic rings. The van der Waals surface area contributed by atoms with Gasteiger partial charge in [0.15, 0.2) is 0 Å². The van der Waals surface area contributed by atoms with Crippen molar-refractivity contribution < 1.29 is 9.90 Å². The van der Waals surface area contributed by atoms with E-state index >= 15 is 0 Å². The van der Waals surface area contributed by atoms with Gasteiger partial charge in [0, 0.05) is 23.7 Å². The second-order valence-electron chi connectivity index (χ2n) is 10.4. The Morgan fingerprint density at radius 1 is 0.815 bits per heavy atom. The minimum Gasteiger partial charge on any atom is -0.550 e. The summed E-state index contributed by atoms with van der Waals surface area (Å²) in [6.45, 7) is 13.3. The molecule has 0 N–H and O–H groups in total. The Labute approximate surface area is 162 Å². The van der Waals surface area contributed by atoms with E-state index in [0.717, 1.165) is 0 Å². The van der Waals surface area contributed by atoms with Gasteiger partial charge in [0.1, 0.15) is 0 Å². The molecule has 3 unspecified atom stereocenters. The Balaban J connectivity index is 1.93. The maximum absolute atomic E-state index is 12.0. The van der Waals surface area contributed by atoms with Crippen molar-refractivity contribution in [2.45, 2.75) is 70.6 Å². The van der Waals surface area contributed by atoms with Crippen molar-refractivity contribution in [3.63, 3.8) is 0 Å². The fraction of sp³-hybridized carbons (Fsp3) is 0.480. The van der Waals surface area contributed by atoms with Crippen molar-refractivity contribution in [1.82, 2.24) is 0 Å². The molecule has 0 saturated carbocycles. The van der Waals surface area contributed by atoms with Crippen LogP contribution in [0, 0.1) is 5.92 Å². The van der Waals surface area contributed by atoms with Crippen LogP contribution in [0.2, 0.25) is 0 Å². The second kappa shape index (κ2) is 5.70. The standard InChI is InChI=1S/C25H30O2/c1-24(2,3)14-8-10-17-18(11-14)19-13-21(23(26)27)22(17)20-12-15(25(4,5)6)7-9-16(19)20/h7-12,19,21-22H,13H2,1-6H3,(H,26,27)/p-1. The van der Waals surface area contributed by atoms with Gasteiger partial charge in [0.2, 0.25) is 0 Å². The van der Waals surface area contributed by atoms with Crippen molar-refractivity contribution in [1.29, 1.82) is 0 Å². The van der Waals surface area contributed by atoms with Gasteiger partial charge >= 0.3 is 0 Å². The molecule has 2 aromatic carbocycles. The highest BCUT2D eigenvalue weighted by Gasteiger charge is 2.44. The lowest BCUT2D eigenvalue weighted by Gasteiger charge is -2.47. The number of benzene rings is 2. The van der Waals surface area contributed by atoms with Gasteiger partial charge in [-0.25, -0.2) is 0 Å². The average Bonchev–Trinajstić information content (AvgIpc) is 2.59. The molecule has 3 aliphatic carbocycles. The Morgan fingerprint density at radius 2 is 1.33 bits per heavy atom. The summed E-state index contributed by atoms with van der Waals surface area (Å²) >= 11 is 0. The van der Waals surface area contributed by atoms with Crippen molar-refractivity contribution in [3.05, 3.63) is 69.8 Å². The summed E-state index contributed by atoms with van der Waals surface area (Å²) in [4.78, 5) is 12.0. The topological polar surface area (TPSA) is 40.1 Å². The lowest BCUT2D eigenvalue weighted by atomic mass is 9.58. The van der Waals surface area contributed by atoms with Crippen LogP contribution in [0.1, 0.15) is 93.2 Å². The first-order chi connectivity index (χ1) is 12.5. The van der Waals surface area contributed by atoms with Gasteiger partial charge < -0.3 is 9.90 Å². The van der Waals surface area contributed by atoms with E-state index in [1.807, 2.05) is 0 Å². The van der Waals surface area contributed by atoms with Crippen molar-refractivity contribution in [2.24, 2.45) is 5.92 Å². The smallest absolute Gasteiger partial charge is 0.0455 e. The molecular formula is C25H29O2-. The van der Waals surface area contributed by atoms with Gasteiger partial charge in [0.25, 0.3) is 0 Å². The summed E-state index contributed by atoms with van der Waals surface area (Å²) in [5.41, 5.74) is 7.71. The van der Waals surface area contributed by atoms with Gasteiger partial charge in [-0.15, -0.1) is 0 Å². The van der Waals surface area contributed by atoms with Gasteiger partial charge in [-0.1, -0.05) is 77.9 Å². The fourth-order valence-electron chi connectivity index (χ4n) is 4.90. The molecule has 2 aromatic rings. The third-order valence-electron chi connectivity index (χ3n) is 6.52. The molecule has 0 aliphatic heterocycles. The molecule has 0 spiro atoms. The predicted octanol–water partition coefficient (Wildman–Crippen LogP) is 4.63. The maximum atomic E-state index is 12.0. The Kier molecular flexibility index (Phi) is 3.86. The van der Waals surface area contributed by atoms with Crippen LogP contribution in [0.3, 0.4) is 0 Å². The number of carboxylic acids is 1. The Bertz CT molecular complexity index is 924. The molecule has 2 heteroatoms. The van der Waals surface area contributed by atoms with Gasteiger partial charge in [-0.05, 0) is 50.6 Å². The molecule has 0 fully saturated rings. The van der Waals surface area contributed by atoms with Crippen LogP contribution >= 0.6 is 0 Å². The summed E-state index contributed by atoms with van der Waals surface area (Å²) in [5.74, 6) is -1.30. The van der Waals surface area contributed by atoms with Crippen LogP contribution < -0.4 is 5.11 Å². The predicted molar refractivity (Wildman–Crippen MR) is 107 cm³/mol. The van der Waals surface area contributed by atoms with Crippen LogP contribution in [0.15, 0.2) is 36.4 Å². The third-order valence-corrected chi connectivity index (χ3v) is 6.52. The molecule has 2 bridgehead atoms. The van der Waals surface area contributed by atoms with Crippen molar-refractivity contribution in [2.75, 3.05) is 0 Å². The van der Waals surface area contributed by atoms with Crippen LogP contribution in [0.5, 0.6) is 0 Å². The number of hydrogen-bond donors (Lipinski definition) is 0. The quantitative estimate of drug-likeness (QED) is 0.743. The number of aliphatic carboxylic acids is 1. The van der Waals surface area contributed by atoms with E-state index in [0.29, 0.717) is 6.42 Å². The highest BCUT2D eigenvalue weighted by Crippen LogP contribution is 2.56. The van der Waals surface area contributed by atoms with E-state index in [-0.39, 0.29) is 22.7 Å². The monoisotopic (exact) mass is 361 g/mol. The molecule has 0 aromatic heterocycles. The highest BCUT2D eigenvalue weighted by atomic mass is 16.4. The Morgan fingerprint density at radius 3 is 1.85 bits per heavy atom. The minimum absolute atomic E-state index is 0.0433. The van der Waals surface area contributed by atoms with Gasteiger partial charge in [0.05, 0.1) is 0 Å². The second-order valence-corrected chi connectivity index (χ2v) is 10.4. The summed E-state index contributed by atoms with van der Waals surface area (Å²) < 4.78 is 0. The van der Waals surface area contributed by atoms with E-state index in [1.54, 1.807) is 0 Å². The zero-order chi connectivity index (χ0) is 19.7. The van der Waals surface area contributed by atoms with Crippen molar-refractivity contribution in [3.8, 4) is 0 Å². The van der Waals surface area contributed by atoms with Gasteiger partial charge in [-0.2, -0.15) is 0 Å². The van der Waals surface area contributed by atoms with E-state index < -0.39 is 11.9 Å². The van der Waals surface area contributed by atoms with Gasteiger partial charge in [-0.3, -0.25) is 0 Å². The van der Waals surface area contributed by atoms with Crippen LogP contribution in [-0.2, 0) is 15.6 Å². The number of carbonyl (C=O) groups is 1. The zero-order valence-corrected chi connectivity index (χ0v) is 17.2. The first-order valence-corrected chi connectivity index (χ1v) is 9.98.